The predicted molar refractivity (Wildman–Crippen MR) is 90.5 cm³/mol. The molecular formula is C16H13BrN6O2. The monoisotopic (exact) mass is 400 g/mol. The van der Waals surface area contributed by atoms with Gasteiger partial charge in [0, 0.05) is 11.5 Å². The van der Waals surface area contributed by atoms with Gasteiger partial charge in [-0.2, -0.15) is 15.0 Å². The number of nitrogens with zero attached hydrogens (tertiary/aromatic N) is 6. The summed E-state index contributed by atoms with van der Waals surface area (Å²) in [6.45, 7) is 3.57. The molecular weight excluding hydrogens is 388 g/mol. The maximum absolute atomic E-state index is 12.4. The van der Waals surface area contributed by atoms with Crippen molar-refractivity contribution in [1.29, 1.82) is 5.26 Å². The zero-order valence-electron chi connectivity index (χ0n) is 13.7. The number of rotatable bonds is 1. The predicted octanol–water partition coefficient (Wildman–Crippen LogP) is 1.44. The number of aryl methyl sites for hydroxylation is 1. The van der Waals surface area contributed by atoms with Crippen LogP contribution in [0.1, 0.15) is 34.6 Å². The Morgan fingerprint density at radius 3 is 2.72 bits per heavy atom. The molecule has 2 aromatic rings. The van der Waals surface area contributed by atoms with E-state index in [4.69, 9.17) is 5.26 Å². The summed E-state index contributed by atoms with van der Waals surface area (Å²) in [5, 5.41) is 13.3. The summed E-state index contributed by atoms with van der Waals surface area (Å²) in [6, 6.07) is 5.52. The number of hydrogen-bond acceptors (Lipinski definition) is 6. The van der Waals surface area contributed by atoms with Gasteiger partial charge in [0.15, 0.2) is 5.69 Å². The molecule has 0 bridgehead atoms. The summed E-state index contributed by atoms with van der Waals surface area (Å²) in [6.07, 6.45) is 1.68. The van der Waals surface area contributed by atoms with Gasteiger partial charge >= 0.3 is 0 Å². The van der Waals surface area contributed by atoms with Crippen molar-refractivity contribution in [2.75, 3.05) is 7.05 Å². The summed E-state index contributed by atoms with van der Waals surface area (Å²) >= 11 is 3.45. The van der Waals surface area contributed by atoms with E-state index in [1.165, 1.54) is 11.7 Å². The molecule has 9 heteroatoms. The number of carbonyl (C=O) groups is 2. The quantitative estimate of drug-likeness (QED) is 0.531. The van der Waals surface area contributed by atoms with Crippen LogP contribution in [0.5, 0.6) is 0 Å². The SMILES string of the molecule is Cc1ccc(-n2nc3c(nc2=NC#N)C(C)C(=O)N(C)C3=O)c(Br)c1. The second-order valence-electron chi connectivity index (χ2n) is 5.65. The molecule has 0 aliphatic carbocycles. The number of carbonyl (C=O) groups excluding carboxylic acids is 2. The van der Waals surface area contributed by atoms with Gasteiger partial charge in [-0.15, -0.1) is 4.99 Å². The summed E-state index contributed by atoms with van der Waals surface area (Å²) in [7, 11) is 1.41. The molecule has 1 aliphatic rings. The molecule has 126 valence electrons. The minimum Gasteiger partial charge on any atom is -0.280 e. The smallest absolute Gasteiger partial charge is 0.280 e. The van der Waals surface area contributed by atoms with Crippen molar-refractivity contribution in [3.8, 4) is 11.9 Å². The molecule has 0 fully saturated rings. The van der Waals surface area contributed by atoms with Gasteiger partial charge in [0.25, 0.3) is 11.5 Å². The highest BCUT2D eigenvalue weighted by Gasteiger charge is 2.37. The molecule has 1 unspecified atom stereocenters. The van der Waals surface area contributed by atoms with E-state index in [-0.39, 0.29) is 22.9 Å². The largest absolute Gasteiger partial charge is 0.282 e. The second kappa shape index (κ2) is 6.22. The molecule has 0 N–H and O–H groups in total. The van der Waals surface area contributed by atoms with Crippen LogP contribution in [0.3, 0.4) is 0 Å². The van der Waals surface area contributed by atoms with Gasteiger partial charge in [-0.3, -0.25) is 14.5 Å². The lowest BCUT2D eigenvalue weighted by Crippen LogP contribution is -2.45. The Hall–Kier alpha value is -2.86. The number of amides is 2. The van der Waals surface area contributed by atoms with E-state index in [0.29, 0.717) is 10.2 Å². The van der Waals surface area contributed by atoms with Gasteiger partial charge in [0.1, 0.15) is 0 Å². The van der Waals surface area contributed by atoms with E-state index in [9.17, 15) is 9.59 Å². The molecule has 2 amide bonds. The molecule has 0 spiro atoms. The van der Waals surface area contributed by atoms with Crippen molar-refractivity contribution < 1.29 is 9.59 Å². The lowest BCUT2D eigenvalue weighted by molar-refractivity contribution is -0.129. The molecule has 0 saturated heterocycles. The van der Waals surface area contributed by atoms with E-state index < -0.39 is 11.8 Å². The van der Waals surface area contributed by atoms with E-state index >= 15 is 0 Å². The standard InChI is InChI=1S/C16H13BrN6O2/c1-8-4-5-11(10(17)6-8)23-16(19-7-18)20-12-9(2)14(24)22(3)15(25)13(12)21-23/h4-6,9H,1-3H3. The van der Waals surface area contributed by atoms with Crippen LogP contribution in [-0.2, 0) is 4.79 Å². The topological polar surface area (TPSA) is 104 Å². The number of imide groups is 1. The first-order chi connectivity index (χ1) is 11.8. The van der Waals surface area contributed by atoms with Crippen LogP contribution in [0.15, 0.2) is 27.7 Å². The van der Waals surface area contributed by atoms with Crippen LogP contribution >= 0.6 is 15.9 Å². The minimum atomic E-state index is -0.644. The van der Waals surface area contributed by atoms with Crippen molar-refractivity contribution in [1.82, 2.24) is 19.7 Å². The molecule has 8 nitrogen and oxygen atoms in total. The van der Waals surface area contributed by atoms with E-state index in [1.807, 2.05) is 19.1 Å². The lowest BCUT2D eigenvalue weighted by Gasteiger charge is -2.26. The zero-order chi connectivity index (χ0) is 18.3. The molecule has 1 atom stereocenters. The summed E-state index contributed by atoms with van der Waals surface area (Å²) in [4.78, 5) is 33.6. The first-order valence-electron chi connectivity index (χ1n) is 7.37. The number of fused-ring (bicyclic) bond motifs is 1. The van der Waals surface area contributed by atoms with Crippen LogP contribution in [-0.4, -0.2) is 38.5 Å². The average Bonchev–Trinajstić information content (AvgIpc) is 2.58. The second-order valence-corrected chi connectivity index (χ2v) is 6.50. The summed E-state index contributed by atoms with van der Waals surface area (Å²) in [5.41, 5.74) is 1.90. The third-order valence-electron chi connectivity index (χ3n) is 3.95. The highest BCUT2D eigenvalue weighted by molar-refractivity contribution is 9.10. The Kier molecular flexibility index (Phi) is 4.22. The third kappa shape index (κ3) is 2.74. The highest BCUT2D eigenvalue weighted by atomic mass is 79.9. The van der Waals surface area contributed by atoms with Crippen molar-refractivity contribution in [3.63, 3.8) is 0 Å². The van der Waals surface area contributed by atoms with Gasteiger partial charge in [0.05, 0.1) is 17.3 Å². The van der Waals surface area contributed by atoms with Gasteiger partial charge in [-0.25, -0.2) is 4.98 Å². The van der Waals surface area contributed by atoms with Gasteiger partial charge in [-0.05, 0) is 47.5 Å². The molecule has 25 heavy (non-hydrogen) atoms. The normalized spacial score (nSPS) is 17.5. The van der Waals surface area contributed by atoms with Crippen LogP contribution in [0.25, 0.3) is 5.69 Å². The summed E-state index contributed by atoms with van der Waals surface area (Å²) in [5.74, 6) is -1.55. The van der Waals surface area contributed by atoms with Crippen LogP contribution in [0.4, 0.5) is 0 Å². The number of nitriles is 1. The van der Waals surface area contributed by atoms with E-state index in [2.05, 4.69) is 31.0 Å². The van der Waals surface area contributed by atoms with Crippen molar-refractivity contribution in [2.45, 2.75) is 19.8 Å². The Labute approximate surface area is 151 Å². The maximum Gasteiger partial charge on any atom is 0.282 e. The molecule has 3 rings (SSSR count). The molecule has 1 aromatic carbocycles. The van der Waals surface area contributed by atoms with Crippen molar-refractivity contribution in [3.05, 3.63) is 45.2 Å². The van der Waals surface area contributed by atoms with Gasteiger partial charge in [-0.1, -0.05) is 6.07 Å². The lowest BCUT2D eigenvalue weighted by atomic mass is 9.99. The number of hydrogen-bond donors (Lipinski definition) is 0. The molecule has 0 radical (unpaired) electrons. The van der Waals surface area contributed by atoms with Crippen molar-refractivity contribution >= 4 is 27.7 Å². The Morgan fingerprint density at radius 1 is 1.36 bits per heavy atom. The first-order valence-corrected chi connectivity index (χ1v) is 8.17. The Morgan fingerprint density at radius 2 is 2.08 bits per heavy atom. The van der Waals surface area contributed by atoms with E-state index in [0.717, 1.165) is 10.5 Å². The van der Waals surface area contributed by atoms with Gasteiger partial charge in [0.2, 0.25) is 12.1 Å². The van der Waals surface area contributed by atoms with Crippen molar-refractivity contribution in [2.24, 2.45) is 4.99 Å². The number of halogens is 1. The van der Waals surface area contributed by atoms with Crippen LogP contribution < -0.4 is 5.62 Å². The fraction of sp³-hybridized carbons (Fsp3) is 0.250. The van der Waals surface area contributed by atoms with Crippen LogP contribution in [0, 0.1) is 18.4 Å². The highest BCUT2D eigenvalue weighted by Crippen LogP contribution is 2.25. The number of likely N-dealkylation sites (N-methyl/N-ethyl adjacent to an activating group) is 1. The van der Waals surface area contributed by atoms with Gasteiger partial charge < -0.3 is 0 Å². The fourth-order valence-corrected chi connectivity index (χ4v) is 3.25. The average molecular weight is 401 g/mol. The number of benzene rings is 1. The maximum atomic E-state index is 12.4. The summed E-state index contributed by atoms with van der Waals surface area (Å²) < 4.78 is 2.03. The minimum absolute atomic E-state index is 0.00260. The molecule has 1 aromatic heterocycles. The third-order valence-corrected chi connectivity index (χ3v) is 4.59. The Bertz CT molecular complexity index is 1020. The number of aromatic nitrogens is 3. The molecule has 1 aliphatic heterocycles. The first kappa shape index (κ1) is 17.0. The Balaban J connectivity index is 2.35. The molecule has 2 heterocycles. The molecule has 0 saturated carbocycles. The fourth-order valence-electron chi connectivity index (χ4n) is 2.59. The zero-order valence-corrected chi connectivity index (χ0v) is 15.3. The van der Waals surface area contributed by atoms with E-state index in [1.54, 1.807) is 19.2 Å². The van der Waals surface area contributed by atoms with Crippen LogP contribution in [0.2, 0.25) is 0 Å².